The van der Waals surface area contributed by atoms with Crippen molar-refractivity contribution in [3.8, 4) is 0 Å². The predicted molar refractivity (Wildman–Crippen MR) is 69.5 cm³/mol. The van der Waals surface area contributed by atoms with Gasteiger partial charge in [-0.15, -0.1) is 0 Å². The Bertz CT molecular complexity index is 677. The van der Waals surface area contributed by atoms with E-state index >= 15 is 0 Å². The smallest absolute Gasteiger partial charge is 0.352 e. The number of rotatable bonds is 2. The molecule has 4 rings (SSSR count). The summed E-state index contributed by atoms with van der Waals surface area (Å²) in [7, 11) is 0. The SMILES string of the molecule is O=C(O)C1=CCC2C(=Cc3cn4c(n3)CCC4)C(=O)N12. The lowest BCUT2D eigenvalue weighted by molar-refractivity contribution is -0.142. The van der Waals surface area contributed by atoms with Gasteiger partial charge in [-0.3, -0.25) is 9.69 Å². The molecular formula is C14H13N3O3. The van der Waals surface area contributed by atoms with Crippen molar-refractivity contribution in [2.24, 2.45) is 0 Å². The van der Waals surface area contributed by atoms with E-state index in [1.54, 1.807) is 12.2 Å². The average molecular weight is 271 g/mol. The Morgan fingerprint density at radius 3 is 3.10 bits per heavy atom. The monoisotopic (exact) mass is 271 g/mol. The van der Waals surface area contributed by atoms with Crippen molar-refractivity contribution < 1.29 is 14.7 Å². The number of aromatic nitrogens is 2. The third-order valence-corrected chi connectivity index (χ3v) is 4.13. The number of carbonyl (C=O) groups is 2. The minimum Gasteiger partial charge on any atom is -0.477 e. The molecule has 0 aliphatic carbocycles. The Kier molecular flexibility index (Phi) is 2.19. The van der Waals surface area contributed by atoms with Crippen LogP contribution < -0.4 is 0 Å². The maximum atomic E-state index is 12.1. The zero-order chi connectivity index (χ0) is 13.9. The van der Waals surface area contributed by atoms with E-state index in [2.05, 4.69) is 9.55 Å². The molecule has 6 heteroatoms. The zero-order valence-corrected chi connectivity index (χ0v) is 10.7. The van der Waals surface area contributed by atoms with Crippen LogP contribution in [0.15, 0.2) is 23.5 Å². The molecule has 0 spiro atoms. The molecule has 6 nitrogen and oxygen atoms in total. The van der Waals surface area contributed by atoms with Gasteiger partial charge in [0.25, 0.3) is 5.91 Å². The Labute approximate surface area is 115 Å². The van der Waals surface area contributed by atoms with Gasteiger partial charge in [-0.2, -0.15) is 0 Å². The molecule has 1 saturated heterocycles. The minimum atomic E-state index is -1.04. The zero-order valence-electron chi connectivity index (χ0n) is 10.7. The maximum absolute atomic E-state index is 12.1. The average Bonchev–Trinajstić information content (AvgIpc) is 3.07. The number of hydrogen-bond donors (Lipinski definition) is 1. The summed E-state index contributed by atoms with van der Waals surface area (Å²) < 4.78 is 2.11. The highest BCUT2D eigenvalue weighted by molar-refractivity contribution is 6.10. The topological polar surface area (TPSA) is 75.4 Å². The second-order valence-corrected chi connectivity index (χ2v) is 5.30. The van der Waals surface area contributed by atoms with Crippen LogP contribution in [0.2, 0.25) is 0 Å². The number of hydrogen-bond acceptors (Lipinski definition) is 3. The van der Waals surface area contributed by atoms with Crippen molar-refractivity contribution in [2.75, 3.05) is 0 Å². The fraction of sp³-hybridized carbons (Fsp3) is 0.357. The quantitative estimate of drug-likeness (QED) is 0.637. The van der Waals surface area contributed by atoms with Gasteiger partial charge in [-0.25, -0.2) is 9.78 Å². The second-order valence-electron chi connectivity index (χ2n) is 5.30. The molecule has 1 N–H and O–H groups in total. The Hall–Kier alpha value is -2.37. The van der Waals surface area contributed by atoms with Gasteiger partial charge in [0.1, 0.15) is 11.5 Å². The molecule has 1 fully saturated rings. The van der Waals surface area contributed by atoms with E-state index in [-0.39, 0.29) is 17.6 Å². The third kappa shape index (κ3) is 1.41. The first-order valence-electron chi connectivity index (χ1n) is 6.70. The summed E-state index contributed by atoms with van der Waals surface area (Å²) in [5.41, 5.74) is 1.56. The molecule has 3 aliphatic heterocycles. The predicted octanol–water partition coefficient (Wildman–Crippen LogP) is 0.796. The van der Waals surface area contributed by atoms with E-state index in [9.17, 15) is 9.59 Å². The van der Waals surface area contributed by atoms with Gasteiger partial charge in [0.2, 0.25) is 0 Å². The number of carboxylic acid groups (broad SMARTS) is 1. The second kappa shape index (κ2) is 3.82. The molecule has 0 radical (unpaired) electrons. The summed E-state index contributed by atoms with van der Waals surface area (Å²) in [6.45, 7) is 0.986. The Morgan fingerprint density at radius 2 is 2.35 bits per heavy atom. The van der Waals surface area contributed by atoms with E-state index < -0.39 is 5.97 Å². The van der Waals surface area contributed by atoms with Crippen LogP contribution in [-0.2, 0) is 22.6 Å². The van der Waals surface area contributed by atoms with Crippen LogP contribution in [0, 0.1) is 0 Å². The molecule has 102 valence electrons. The van der Waals surface area contributed by atoms with Crippen LogP contribution in [0.4, 0.5) is 0 Å². The molecular weight excluding hydrogens is 258 g/mol. The summed E-state index contributed by atoms with van der Waals surface area (Å²) in [6.07, 6.45) is 8.06. The number of carboxylic acids is 1. The van der Waals surface area contributed by atoms with Crippen LogP contribution in [-0.4, -0.2) is 37.5 Å². The number of carbonyl (C=O) groups excluding carboxylic acids is 1. The molecule has 0 bridgehead atoms. The first-order chi connectivity index (χ1) is 9.65. The van der Waals surface area contributed by atoms with Gasteiger partial charge in [0.05, 0.1) is 11.7 Å². The molecule has 0 aromatic carbocycles. The molecule has 20 heavy (non-hydrogen) atoms. The van der Waals surface area contributed by atoms with E-state index in [0.717, 1.165) is 30.9 Å². The third-order valence-electron chi connectivity index (χ3n) is 4.13. The van der Waals surface area contributed by atoms with Crippen LogP contribution in [0.5, 0.6) is 0 Å². The van der Waals surface area contributed by atoms with Gasteiger partial charge in [0, 0.05) is 24.7 Å². The van der Waals surface area contributed by atoms with E-state index in [0.29, 0.717) is 12.0 Å². The lowest BCUT2D eigenvalue weighted by Crippen LogP contribution is -2.52. The number of aliphatic carboxylic acids is 1. The van der Waals surface area contributed by atoms with Crippen molar-refractivity contribution in [1.82, 2.24) is 14.5 Å². The van der Waals surface area contributed by atoms with Gasteiger partial charge >= 0.3 is 5.97 Å². The summed E-state index contributed by atoms with van der Waals surface area (Å²) in [4.78, 5) is 28.9. The van der Waals surface area contributed by atoms with Crippen molar-refractivity contribution >= 4 is 18.0 Å². The van der Waals surface area contributed by atoms with Crippen molar-refractivity contribution in [2.45, 2.75) is 31.8 Å². The van der Waals surface area contributed by atoms with E-state index in [1.165, 1.54) is 4.90 Å². The highest BCUT2D eigenvalue weighted by Crippen LogP contribution is 2.38. The lowest BCUT2D eigenvalue weighted by atomic mass is 9.94. The first kappa shape index (κ1) is 11.5. The molecule has 0 saturated carbocycles. The van der Waals surface area contributed by atoms with Crippen LogP contribution in [0.1, 0.15) is 24.4 Å². The highest BCUT2D eigenvalue weighted by atomic mass is 16.4. The molecule has 3 aliphatic rings. The van der Waals surface area contributed by atoms with Gasteiger partial charge in [-0.1, -0.05) is 6.08 Å². The van der Waals surface area contributed by atoms with Gasteiger partial charge < -0.3 is 9.67 Å². The number of aryl methyl sites for hydroxylation is 2. The summed E-state index contributed by atoms with van der Waals surface area (Å²) in [6, 6.07) is -0.120. The lowest BCUT2D eigenvalue weighted by Gasteiger charge is -2.38. The van der Waals surface area contributed by atoms with E-state index in [4.69, 9.17) is 5.11 Å². The summed E-state index contributed by atoms with van der Waals surface area (Å²) in [5.74, 6) is -0.188. The Morgan fingerprint density at radius 1 is 1.50 bits per heavy atom. The number of imidazole rings is 1. The number of amides is 1. The minimum absolute atomic E-state index is 0.101. The number of β-lactam (4-membered cyclic amide) rings is 1. The number of nitrogens with zero attached hydrogens (tertiary/aromatic N) is 3. The fourth-order valence-corrected chi connectivity index (χ4v) is 3.18. The van der Waals surface area contributed by atoms with Crippen molar-refractivity contribution in [1.29, 1.82) is 0 Å². The van der Waals surface area contributed by atoms with Crippen molar-refractivity contribution in [3.05, 3.63) is 35.1 Å². The fourth-order valence-electron chi connectivity index (χ4n) is 3.18. The summed E-state index contributed by atoms with van der Waals surface area (Å²) >= 11 is 0. The van der Waals surface area contributed by atoms with Crippen LogP contribution in [0.25, 0.3) is 6.08 Å². The van der Waals surface area contributed by atoms with Crippen molar-refractivity contribution in [3.63, 3.8) is 0 Å². The molecule has 1 aromatic rings. The van der Waals surface area contributed by atoms with Gasteiger partial charge in [0.15, 0.2) is 0 Å². The highest BCUT2D eigenvalue weighted by Gasteiger charge is 2.48. The molecule has 1 atom stereocenters. The van der Waals surface area contributed by atoms with Crippen LogP contribution >= 0.6 is 0 Å². The first-order valence-corrected chi connectivity index (χ1v) is 6.70. The number of fused-ring (bicyclic) bond motifs is 2. The molecule has 1 aromatic heterocycles. The molecule has 1 unspecified atom stereocenters. The van der Waals surface area contributed by atoms with Gasteiger partial charge in [-0.05, 0) is 18.9 Å². The summed E-state index contributed by atoms with van der Waals surface area (Å²) in [5, 5.41) is 9.01. The Balaban J connectivity index is 1.61. The van der Waals surface area contributed by atoms with E-state index in [1.807, 2.05) is 6.20 Å². The maximum Gasteiger partial charge on any atom is 0.352 e. The largest absolute Gasteiger partial charge is 0.477 e. The standard InChI is InChI=1S/C14H13N3O3/c18-13-9(10-3-4-11(14(19)20)17(10)13)6-8-7-16-5-1-2-12(16)15-8/h4,6-7,10H,1-3,5H2,(H,19,20). The normalized spacial score (nSPS) is 25.5. The molecule has 1 amide bonds. The van der Waals surface area contributed by atoms with Crippen LogP contribution in [0.3, 0.4) is 0 Å². The molecule has 4 heterocycles.